The Labute approximate surface area is 175 Å². The van der Waals surface area contributed by atoms with Crippen molar-refractivity contribution in [1.82, 2.24) is 14.9 Å². The van der Waals surface area contributed by atoms with Crippen molar-refractivity contribution in [3.63, 3.8) is 0 Å². The zero-order valence-electron chi connectivity index (χ0n) is 15.5. The predicted octanol–water partition coefficient (Wildman–Crippen LogP) is 2.66. The second-order valence-electron chi connectivity index (χ2n) is 5.58. The van der Waals surface area contributed by atoms with Crippen LogP contribution in [0.25, 0.3) is 0 Å². The molecule has 0 unspecified atom stereocenters. The van der Waals surface area contributed by atoms with E-state index in [-0.39, 0.29) is 42.8 Å². The Bertz CT molecular complexity index is 695. The average molecular weight is 522 g/mol. The number of nitrogens with zero attached hydrogens (tertiary/aromatic N) is 2. The zero-order valence-corrected chi connectivity index (χ0v) is 18.7. The van der Waals surface area contributed by atoms with Gasteiger partial charge < -0.3 is 10.2 Å². The lowest BCUT2D eigenvalue weighted by molar-refractivity contribution is -0.137. The fourth-order valence-corrected chi connectivity index (χ4v) is 2.69. The smallest absolute Gasteiger partial charge is 0.357 e. The Morgan fingerprint density at radius 1 is 1.19 bits per heavy atom. The number of hydrogen-bond donors (Lipinski definition) is 2. The molecule has 156 valence electrons. The van der Waals surface area contributed by atoms with E-state index in [0.29, 0.717) is 24.6 Å². The summed E-state index contributed by atoms with van der Waals surface area (Å²) in [6, 6.07) is 4.95. The molecule has 0 aliphatic carbocycles. The predicted molar refractivity (Wildman–Crippen MR) is 112 cm³/mol. The monoisotopic (exact) mass is 522 g/mol. The maximum absolute atomic E-state index is 12.6. The third-order valence-corrected chi connectivity index (χ3v) is 4.88. The van der Waals surface area contributed by atoms with Crippen LogP contribution in [0.15, 0.2) is 29.3 Å². The van der Waals surface area contributed by atoms with Gasteiger partial charge in [-0.2, -0.15) is 13.2 Å². The highest BCUT2D eigenvalue weighted by Gasteiger charge is 2.29. The van der Waals surface area contributed by atoms with Gasteiger partial charge in [-0.05, 0) is 31.5 Å². The molecule has 0 amide bonds. The molecule has 0 heterocycles. The molecule has 1 rings (SSSR count). The van der Waals surface area contributed by atoms with E-state index in [4.69, 9.17) is 0 Å². The lowest BCUT2D eigenvalue weighted by Crippen LogP contribution is -2.39. The summed E-state index contributed by atoms with van der Waals surface area (Å²) in [5.41, 5.74) is 0.0190. The van der Waals surface area contributed by atoms with Gasteiger partial charge in [0.25, 0.3) is 0 Å². The molecule has 0 aliphatic rings. The van der Waals surface area contributed by atoms with Crippen LogP contribution in [-0.4, -0.2) is 51.7 Å². The van der Waals surface area contributed by atoms with E-state index in [1.807, 2.05) is 6.92 Å². The molecule has 0 spiro atoms. The van der Waals surface area contributed by atoms with Gasteiger partial charge in [0, 0.05) is 26.7 Å². The molecule has 6 nitrogen and oxygen atoms in total. The van der Waals surface area contributed by atoms with Crippen LogP contribution >= 0.6 is 24.0 Å². The Morgan fingerprint density at radius 3 is 2.26 bits per heavy atom. The van der Waals surface area contributed by atoms with Gasteiger partial charge in [-0.25, -0.2) is 13.1 Å². The summed E-state index contributed by atoms with van der Waals surface area (Å²) in [4.78, 5) is 6.09. The second-order valence-corrected chi connectivity index (χ2v) is 7.68. The van der Waals surface area contributed by atoms with Crippen LogP contribution in [0.4, 0.5) is 13.2 Å². The van der Waals surface area contributed by atoms with Crippen LogP contribution in [0.5, 0.6) is 0 Å². The Morgan fingerprint density at radius 2 is 1.78 bits per heavy atom. The molecule has 0 bridgehead atoms. The molecule has 1 aromatic rings. The van der Waals surface area contributed by atoms with Crippen molar-refractivity contribution in [2.45, 2.75) is 26.6 Å². The molecule has 0 aliphatic heterocycles. The number of benzene rings is 1. The number of hydrogen-bond acceptors (Lipinski definition) is 3. The van der Waals surface area contributed by atoms with Gasteiger partial charge in [0.2, 0.25) is 10.0 Å². The molecular weight excluding hydrogens is 496 g/mol. The molecule has 11 heteroatoms. The number of halogens is 4. The van der Waals surface area contributed by atoms with E-state index in [2.05, 4.69) is 15.0 Å². The fraction of sp³-hybridized carbons (Fsp3) is 0.562. The first-order valence-corrected chi connectivity index (χ1v) is 9.87. The number of nitrogens with one attached hydrogen (secondary N) is 2. The Hall–Kier alpha value is -1.08. The summed E-state index contributed by atoms with van der Waals surface area (Å²) in [6.45, 7) is 4.84. The molecule has 27 heavy (non-hydrogen) atoms. The maximum atomic E-state index is 12.6. The van der Waals surface area contributed by atoms with E-state index < -0.39 is 21.8 Å². The largest absolute Gasteiger partial charge is 0.416 e. The second kappa shape index (κ2) is 11.7. The quantitative estimate of drug-likeness (QED) is 0.239. The van der Waals surface area contributed by atoms with Gasteiger partial charge in [0.1, 0.15) is 0 Å². The third kappa shape index (κ3) is 9.60. The molecule has 2 N–H and O–H groups in total. The van der Waals surface area contributed by atoms with E-state index in [1.165, 1.54) is 12.1 Å². The Balaban J connectivity index is 0.00000676. The lowest BCUT2D eigenvalue weighted by atomic mass is 10.1. The van der Waals surface area contributed by atoms with Gasteiger partial charge in [0.15, 0.2) is 5.96 Å². The SMILES string of the molecule is CCNC(=NCCNS(=O)(=O)CC)N(C)Cc1ccc(C(F)(F)F)cc1.I. The van der Waals surface area contributed by atoms with Crippen LogP contribution in [0.1, 0.15) is 25.0 Å². The lowest BCUT2D eigenvalue weighted by Gasteiger charge is -2.22. The molecule has 1 aromatic carbocycles. The highest BCUT2D eigenvalue weighted by atomic mass is 127. The maximum Gasteiger partial charge on any atom is 0.416 e. The number of aliphatic imine (C=N–C) groups is 1. The number of alkyl halides is 3. The summed E-state index contributed by atoms with van der Waals surface area (Å²) in [5, 5.41) is 3.07. The minimum atomic E-state index is -4.35. The van der Waals surface area contributed by atoms with Crippen molar-refractivity contribution in [3.8, 4) is 0 Å². The Kier molecular flexibility index (Phi) is 11.2. The molecule has 0 saturated heterocycles. The van der Waals surface area contributed by atoms with Crippen LogP contribution < -0.4 is 10.0 Å². The molecule has 0 radical (unpaired) electrons. The van der Waals surface area contributed by atoms with Gasteiger partial charge in [0.05, 0.1) is 17.9 Å². The van der Waals surface area contributed by atoms with E-state index in [9.17, 15) is 21.6 Å². The molecular formula is C16H26F3IN4O2S. The van der Waals surface area contributed by atoms with Crippen molar-refractivity contribution >= 4 is 40.0 Å². The van der Waals surface area contributed by atoms with Crippen molar-refractivity contribution in [2.24, 2.45) is 4.99 Å². The van der Waals surface area contributed by atoms with E-state index in [1.54, 1.807) is 18.9 Å². The number of sulfonamides is 1. The van der Waals surface area contributed by atoms with Crippen molar-refractivity contribution in [3.05, 3.63) is 35.4 Å². The highest BCUT2D eigenvalue weighted by molar-refractivity contribution is 14.0. The normalized spacial score (nSPS) is 12.4. The summed E-state index contributed by atoms with van der Waals surface area (Å²) in [7, 11) is -1.50. The van der Waals surface area contributed by atoms with Gasteiger partial charge >= 0.3 is 6.18 Å². The van der Waals surface area contributed by atoms with Crippen LogP contribution in [0.2, 0.25) is 0 Å². The van der Waals surface area contributed by atoms with Gasteiger partial charge in [-0.3, -0.25) is 4.99 Å². The summed E-state index contributed by atoms with van der Waals surface area (Å²) >= 11 is 0. The van der Waals surface area contributed by atoms with Crippen LogP contribution in [0, 0.1) is 0 Å². The topological polar surface area (TPSA) is 73.8 Å². The summed E-state index contributed by atoms with van der Waals surface area (Å²) in [6.07, 6.45) is -4.35. The molecule has 0 saturated carbocycles. The summed E-state index contributed by atoms with van der Waals surface area (Å²) in [5.74, 6) is 0.549. The minimum Gasteiger partial charge on any atom is -0.357 e. The van der Waals surface area contributed by atoms with Crippen LogP contribution in [0.3, 0.4) is 0 Å². The van der Waals surface area contributed by atoms with E-state index >= 15 is 0 Å². The molecule has 0 atom stereocenters. The van der Waals surface area contributed by atoms with Crippen molar-refractivity contribution in [1.29, 1.82) is 0 Å². The summed E-state index contributed by atoms with van der Waals surface area (Å²) < 4.78 is 63.0. The standard InChI is InChI=1S/C16H25F3N4O2S.HI/c1-4-20-15(21-10-11-22-26(24,25)5-2)23(3)12-13-6-8-14(9-7-13)16(17,18)19;/h6-9,22H,4-5,10-12H2,1-3H3,(H,20,21);1H. The average Bonchev–Trinajstić information content (AvgIpc) is 2.57. The number of rotatable bonds is 8. The third-order valence-electron chi connectivity index (χ3n) is 3.47. The van der Waals surface area contributed by atoms with Crippen molar-refractivity contribution < 1.29 is 21.6 Å². The van der Waals surface area contributed by atoms with Crippen molar-refractivity contribution in [2.75, 3.05) is 32.4 Å². The van der Waals surface area contributed by atoms with Gasteiger partial charge in [-0.15, -0.1) is 24.0 Å². The first-order chi connectivity index (χ1) is 12.1. The van der Waals surface area contributed by atoms with Crippen LogP contribution in [-0.2, 0) is 22.7 Å². The first kappa shape index (κ1) is 25.9. The molecule has 0 fully saturated rings. The minimum absolute atomic E-state index is 0. The first-order valence-electron chi connectivity index (χ1n) is 8.22. The number of guanidine groups is 1. The fourth-order valence-electron chi connectivity index (χ4n) is 2.08. The zero-order chi connectivity index (χ0) is 19.8. The molecule has 0 aromatic heterocycles. The van der Waals surface area contributed by atoms with E-state index in [0.717, 1.165) is 12.1 Å². The highest BCUT2D eigenvalue weighted by Crippen LogP contribution is 2.29. The van der Waals surface area contributed by atoms with Gasteiger partial charge in [-0.1, -0.05) is 12.1 Å².